The number of nitrogens with zero attached hydrogens (tertiary/aromatic N) is 2. The summed E-state index contributed by atoms with van der Waals surface area (Å²) >= 11 is 0. The van der Waals surface area contributed by atoms with E-state index < -0.39 is 0 Å². The van der Waals surface area contributed by atoms with E-state index in [0.717, 1.165) is 37.2 Å². The molecule has 1 amide bonds. The molecule has 1 aliphatic rings. The zero-order valence-electron chi connectivity index (χ0n) is 14.7. The van der Waals surface area contributed by atoms with Crippen molar-refractivity contribution >= 4 is 5.91 Å². The summed E-state index contributed by atoms with van der Waals surface area (Å²) in [6, 6.07) is 9.90. The summed E-state index contributed by atoms with van der Waals surface area (Å²) in [5.41, 5.74) is 3.14. The molecule has 0 aliphatic carbocycles. The average molecular weight is 339 g/mol. The van der Waals surface area contributed by atoms with Crippen molar-refractivity contribution in [1.82, 2.24) is 15.2 Å². The van der Waals surface area contributed by atoms with Crippen LogP contribution in [0.4, 0.5) is 0 Å². The number of benzene rings is 1. The van der Waals surface area contributed by atoms with E-state index in [1.165, 1.54) is 18.4 Å². The molecule has 0 bridgehead atoms. The Morgan fingerprint density at radius 3 is 2.76 bits per heavy atom. The van der Waals surface area contributed by atoms with Gasteiger partial charge in [0.05, 0.1) is 0 Å². The van der Waals surface area contributed by atoms with E-state index in [-0.39, 0.29) is 17.4 Å². The molecule has 0 unspecified atom stereocenters. The predicted molar refractivity (Wildman–Crippen MR) is 98.5 cm³/mol. The van der Waals surface area contributed by atoms with Gasteiger partial charge < -0.3 is 10.4 Å². The van der Waals surface area contributed by atoms with Gasteiger partial charge in [-0.15, -0.1) is 0 Å². The number of carbonyl (C=O) groups excluding carboxylic acids is 1. The Labute approximate surface area is 148 Å². The quantitative estimate of drug-likeness (QED) is 0.848. The highest BCUT2D eigenvalue weighted by atomic mass is 16.3. The van der Waals surface area contributed by atoms with E-state index in [2.05, 4.69) is 27.3 Å². The molecule has 0 radical (unpaired) electrons. The second-order valence-electron chi connectivity index (χ2n) is 6.53. The van der Waals surface area contributed by atoms with Crippen molar-refractivity contribution in [2.24, 2.45) is 0 Å². The van der Waals surface area contributed by atoms with Gasteiger partial charge in [0, 0.05) is 24.8 Å². The molecule has 5 heteroatoms. The molecule has 1 fully saturated rings. The molecule has 3 rings (SSSR count). The van der Waals surface area contributed by atoms with Crippen LogP contribution in [0.5, 0.6) is 5.75 Å². The maximum atomic E-state index is 12.0. The number of nitrogens with one attached hydrogen (secondary N) is 1. The third-order valence-electron chi connectivity index (χ3n) is 4.48. The zero-order valence-corrected chi connectivity index (χ0v) is 14.7. The maximum Gasteiger partial charge on any atom is 0.273 e. The van der Waals surface area contributed by atoms with Crippen LogP contribution in [0.1, 0.15) is 42.2 Å². The van der Waals surface area contributed by atoms with Crippen molar-refractivity contribution in [3.63, 3.8) is 0 Å². The van der Waals surface area contributed by atoms with E-state index in [0.29, 0.717) is 6.54 Å². The van der Waals surface area contributed by atoms with Crippen LogP contribution >= 0.6 is 0 Å². The Hall–Kier alpha value is -2.40. The van der Waals surface area contributed by atoms with Gasteiger partial charge >= 0.3 is 0 Å². The van der Waals surface area contributed by atoms with Crippen LogP contribution in [0.15, 0.2) is 36.5 Å². The van der Waals surface area contributed by atoms with Crippen LogP contribution in [0, 0.1) is 0 Å². The van der Waals surface area contributed by atoms with Gasteiger partial charge in [0.25, 0.3) is 5.91 Å². The highest BCUT2D eigenvalue weighted by Crippen LogP contribution is 2.26. The van der Waals surface area contributed by atoms with E-state index in [1.807, 2.05) is 19.1 Å². The molecule has 0 atom stereocenters. The van der Waals surface area contributed by atoms with Crippen LogP contribution in [-0.4, -0.2) is 40.5 Å². The Morgan fingerprint density at radius 2 is 2.04 bits per heavy atom. The lowest BCUT2D eigenvalue weighted by atomic mass is 10.0. The molecule has 2 heterocycles. The molecular formula is C20H25N3O2. The fraction of sp³-hybridized carbons (Fsp3) is 0.400. The summed E-state index contributed by atoms with van der Waals surface area (Å²) in [5.74, 6) is -0.426. The van der Waals surface area contributed by atoms with Crippen molar-refractivity contribution in [2.45, 2.75) is 32.7 Å². The molecule has 25 heavy (non-hydrogen) atoms. The average Bonchev–Trinajstić information content (AvgIpc) is 3.13. The van der Waals surface area contributed by atoms with Crippen LogP contribution in [0.2, 0.25) is 0 Å². The standard InChI is InChI=1S/C20H25N3O2/c1-2-8-21-20(25)19-18(24)12-17(13-22-19)16-7-5-6-15(11-16)14-23-9-3-4-10-23/h5-7,11-13,24H,2-4,8-10,14H2,1H3,(H,21,25). The second kappa shape index (κ2) is 8.12. The minimum Gasteiger partial charge on any atom is -0.505 e. The number of likely N-dealkylation sites (tertiary alicyclic amines) is 1. The molecule has 1 aromatic carbocycles. The molecular weight excluding hydrogens is 314 g/mol. The van der Waals surface area contributed by atoms with Crippen LogP contribution < -0.4 is 5.32 Å². The van der Waals surface area contributed by atoms with Gasteiger partial charge in [-0.1, -0.05) is 25.1 Å². The van der Waals surface area contributed by atoms with Crippen molar-refractivity contribution < 1.29 is 9.90 Å². The number of carbonyl (C=O) groups is 1. The zero-order chi connectivity index (χ0) is 17.6. The summed E-state index contributed by atoms with van der Waals surface area (Å²) in [5, 5.41) is 12.9. The highest BCUT2D eigenvalue weighted by molar-refractivity contribution is 5.95. The normalized spacial score (nSPS) is 14.6. The van der Waals surface area contributed by atoms with E-state index in [9.17, 15) is 9.90 Å². The van der Waals surface area contributed by atoms with Crippen LogP contribution in [0.3, 0.4) is 0 Å². The Morgan fingerprint density at radius 1 is 1.24 bits per heavy atom. The fourth-order valence-corrected chi connectivity index (χ4v) is 3.16. The predicted octanol–water partition coefficient (Wildman–Crippen LogP) is 3.19. The molecule has 5 nitrogen and oxygen atoms in total. The number of rotatable bonds is 6. The largest absolute Gasteiger partial charge is 0.505 e. The van der Waals surface area contributed by atoms with Crippen molar-refractivity contribution in [3.8, 4) is 16.9 Å². The monoisotopic (exact) mass is 339 g/mol. The SMILES string of the molecule is CCCNC(=O)c1ncc(-c2cccc(CN3CCCC3)c2)cc1O. The van der Waals surface area contributed by atoms with Crippen LogP contribution in [-0.2, 0) is 6.54 Å². The molecule has 132 valence electrons. The van der Waals surface area contributed by atoms with Gasteiger partial charge in [-0.05, 0) is 55.6 Å². The smallest absolute Gasteiger partial charge is 0.273 e. The lowest BCUT2D eigenvalue weighted by molar-refractivity contribution is 0.0946. The fourth-order valence-electron chi connectivity index (χ4n) is 3.16. The lowest BCUT2D eigenvalue weighted by Gasteiger charge is -2.15. The first-order valence-electron chi connectivity index (χ1n) is 8.96. The van der Waals surface area contributed by atoms with Crippen molar-refractivity contribution in [1.29, 1.82) is 0 Å². The Bertz CT molecular complexity index is 739. The number of pyridine rings is 1. The van der Waals surface area contributed by atoms with E-state index in [4.69, 9.17) is 0 Å². The summed E-state index contributed by atoms with van der Waals surface area (Å²) in [6.07, 6.45) is 5.04. The summed E-state index contributed by atoms with van der Waals surface area (Å²) in [7, 11) is 0. The summed E-state index contributed by atoms with van der Waals surface area (Å²) in [4.78, 5) is 18.6. The summed E-state index contributed by atoms with van der Waals surface area (Å²) < 4.78 is 0. The molecule has 1 aliphatic heterocycles. The van der Waals surface area contributed by atoms with Gasteiger partial charge in [-0.25, -0.2) is 4.98 Å². The van der Waals surface area contributed by atoms with Gasteiger partial charge in [-0.3, -0.25) is 9.69 Å². The van der Waals surface area contributed by atoms with Gasteiger partial charge in [0.2, 0.25) is 0 Å². The van der Waals surface area contributed by atoms with Crippen molar-refractivity contribution in [3.05, 3.63) is 47.8 Å². The minimum absolute atomic E-state index is 0.0745. The van der Waals surface area contributed by atoms with Crippen LogP contribution in [0.25, 0.3) is 11.1 Å². The highest BCUT2D eigenvalue weighted by Gasteiger charge is 2.15. The molecule has 0 saturated carbocycles. The molecule has 1 saturated heterocycles. The van der Waals surface area contributed by atoms with Gasteiger partial charge in [0.1, 0.15) is 5.75 Å². The molecule has 2 N–H and O–H groups in total. The molecule has 0 spiro atoms. The lowest BCUT2D eigenvalue weighted by Crippen LogP contribution is -2.25. The van der Waals surface area contributed by atoms with E-state index in [1.54, 1.807) is 12.3 Å². The number of hydrogen-bond donors (Lipinski definition) is 2. The molecule has 1 aromatic heterocycles. The first-order valence-corrected chi connectivity index (χ1v) is 8.96. The number of aromatic nitrogens is 1. The first kappa shape index (κ1) is 17.4. The van der Waals surface area contributed by atoms with Gasteiger partial charge in [-0.2, -0.15) is 0 Å². The number of aromatic hydroxyl groups is 1. The summed E-state index contributed by atoms with van der Waals surface area (Å²) in [6.45, 7) is 5.82. The third kappa shape index (κ3) is 4.37. The van der Waals surface area contributed by atoms with Crippen molar-refractivity contribution in [2.75, 3.05) is 19.6 Å². The third-order valence-corrected chi connectivity index (χ3v) is 4.48. The Balaban J connectivity index is 1.77. The number of hydrogen-bond acceptors (Lipinski definition) is 4. The molecule has 2 aromatic rings. The Kier molecular flexibility index (Phi) is 5.66. The maximum absolute atomic E-state index is 12.0. The second-order valence-corrected chi connectivity index (χ2v) is 6.53. The number of amides is 1. The minimum atomic E-state index is -0.339. The topological polar surface area (TPSA) is 65.5 Å². The van der Waals surface area contributed by atoms with E-state index >= 15 is 0 Å². The first-order chi connectivity index (χ1) is 12.2. The van der Waals surface area contributed by atoms with Gasteiger partial charge in [0.15, 0.2) is 5.69 Å².